The van der Waals surface area contributed by atoms with Crippen LogP contribution >= 0.6 is 0 Å². The highest BCUT2D eigenvalue weighted by atomic mass is 16.5. The minimum Gasteiger partial charge on any atom is -0.394 e. The Kier molecular flexibility index (Phi) is 2.25. The second-order valence-electron chi connectivity index (χ2n) is 2.54. The van der Waals surface area contributed by atoms with Gasteiger partial charge in [0.1, 0.15) is 18.3 Å². The first kappa shape index (κ1) is 7.94. The van der Waals surface area contributed by atoms with Crippen LogP contribution in [0.1, 0.15) is 6.92 Å². The lowest BCUT2D eigenvalue weighted by Gasteiger charge is -2.10. The van der Waals surface area contributed by atoms with Crippen LogP contribution in [0.5, 0.6) is 0 Å². The molecule has 1 unspecified atom stereocenters. The van der Waals surface area contributed by atoms with Crippen molar-refractivity contribution in [1.29, 1.82) is 0 Å². The molecule has 1 saturated heterocycles. The Morgan fingerprint density at radius 2 is 1.90 bits per heavy atom. The maximum Gasteiger partial charge on any atom is 0.111 e. The van der Waals surface area contributed by atoms with E-state index in [1.807, 2.05) is 0 Å². The fourth-order valence-corrected chi connectivity index (χ4v) is 1.09. The van der Waals surface area contributed by atoms with Crippen LogP contribution in [0.15, 0.2) is 0 Å². The monoisotopic (exact) mass is 148 g/mol. The van der Waals surface area contributed by atoms with Crippen LogP contribution in [0, 0.1) is 0 Å². The average Bonchev–Trinajstić information content (AvgIpc) is 2.17. The summed E-state index contributed by atoms with van der Waals surface area (Å²) >= 11 is 0. The van der Waals surface area contributed by atoms with Crippen molar-refractivity contribution in [3.05, 3.63) is 0 Å². The van der Waals surface area contributed by atoms with E-state index in [-0.39, 0.29) is 12.7 Å². The Bertz CT molecular complexity index is 116. The molecule has 0 spiro atoms. The minimum absolute atomic E-state index is 0.247. The van der Waals surface area contributed by atoms with Crippen LogP contribution < -0.4 is 0 Å². The number of hydrogen-bond acceptors (Lipinski definition) is 4. The Morgan fingerprint density at radius 3 is 2.10 bits per heavy atom. The lowest BCUT2D eigenvalue weighted by atomic mass is 10.1. The molecule has 1 aliphatic heterocycles. The number of hydrogen-bond donors (Lipinski definition) is 3. The average molecular weight is 148 g/mol. The van der Waals surface area contributed by atoms with Gasteiger partial charge in [-0.25, -0.2) is 0 Å². The standard InChI is InChI=1S/C6H12O4/c1-3-5(8)6(9)4(2-7)10-3/h3-9H,2H2,1H3/t3?,4-,5-,6-/m0/s1. The second-order valence-corrected chi connectivity index (χ2v) is 2.54. The van der Waals surface area contributed by atoms with Crippen molar-refractivity contribution < 1.29 is 20.1 Å². The van der Waals surface area contributed by atoms with Crippen molar-refractivity contribution >= 4 is 0 Å². The molecule has 60 valence electrons. The fourth-order valence-electron chi connectivity index (χ4n) is 1.09. The first-order valence-corrected chi connectivity index (χ1v) is 3.29. The largest absolute Gasteiger partial charge is 0.394 e. The van der Waals surface area contributed by atoms with Gasteiger partial charge in [-0.1, -0.05) is 0 Å². The molecule has 10 heavy (non-hydrogen) atoms. The summed E-state index contributed by atoms with van der Waals surface area (Å²) in [5, 5.41) is 26.8. The molecule has 1 aliphatic rings. The summed E-state index contributed by atoms with van der Waals surface area (Å²) in [6.07, 6.45) is -2.81. The van der Waals surface area contributed by atoms with Gasteiger partial charge in [-0.15, -0.1) is 0 Å². The third-order valence-electron chi connectivity index (χ3n) is 1.78. The van der Waals surface area contributed by atoms with Crippen molar-refractivity contribution in [2.24, 2.45) is 0 Å². The normalized spacial score (nSPS) is 48.0. The first-order valence-electron chi connectivity index (χ1n) is 3.29. The van der Waals surface area contributed by atoms with Gasteiger partial charge in [0.05, 0.1) is 12.7 Å². The second kappa shape index (κ2) is 2.84. The van der Waals surface area contributed by atoms with E-state index in [1.54, 1.807) is 6.92 Å². The zero-order valence-corrected chi connectivity index (χ0v) is 5.77. The van der Waals surface area contributed by atoms with Crippen LogP contribution in [-0.4, -0.2) is 46.3 Å². The molecule has 0 amide bonds. The predicted molar refractivity (Wildman–Crippen MR) is 33.4 cm³/mol. The van der Waals surface area contributed by atoms with Gasteiger partial charge in [-0.05, 0) is 6.92 Å². The molecule has 0 radical (unpaired) electrons. The molecule has 1 heterocycles. The Balaban J connectivity index is 2.53. The van der Waals surface area contributed by atoms with Gasteiger partial charge >= 0.3 is 0 Å². The first-order chi connectivity index (χ1) is 4.66. The molecule has 3 N–H and O–H groups in total. The molecule has 0 aromatic carbocycles. The summed E-state index contributed by atoms with van der Waals surface area (Å²) in [6, 6.07) is 0. The summed E-state index contributed by atoms with van der Waals surface area (Å²) in [5.41, 5.74) is 0. The van der Waals surface area contributed by atoms with Crippen LogP contribution in [0.4, 0.5) is 0 Å². The molecule has 1 fully saturated rings. The topological polar surface area (TPSA) is 69.9 Å². The summed E-state index contributed by atoms with van der Waals surface area (Å²) < 4.78 is 4.98. The molecule has 0 aromatic rings. The molecular weight excluding hydrogens is 136 g/mol. The summed E-state index contributed by atoms with van der Waals surface area (Å²) in [4.78, 5) is 0. The van der Waals surface area contributed by atoms with E-state index >= 15 is 0 Å². The lowest BCUT2D eigenvalue weighted by Crippen LogP contribution is -2.33. The van der Waals surface area contributed by atoms with Gasteiger partial charge in [-0.2, -0.15) is 0 Å². The van der Waals surface area contributed by atoms with Crippen molar-refractivity contribution in [2.45, 2.75) is 31.3 Å². The number of rotatable bonds is 1. The van der Waals surface area contributed by atoms with E-state index in [4.69, 9.17) is 20.1 Å². The molecule has 0 aliphatic carbocycles. The SMILES string of the molecule is CC1O[C@@H](CO)[C@H](O)[C@H]1O. The Hall–Kier alpha value is -0.160. The van der Waals surface area contributed by atoms with Crippen LogP contribution in [0.2, 0.25) is 0 Å². The van der Waals surface area contributed by atoms with Crippen molar-refractivity contribution in [3.63, 3.8) is 0 Å². The molecule has 0 aromatic heterocycles. The zero-order valence-electron chi connectivity index (χ0n) is 5.77. The lowest BCUT2D eigenvalue weighted by molar-refractivity contribution is -0.0171. The quantitative estimate of drug-likeness (QED) is 0.422. The Labute approximate surface area is 59.1 Å². The third kappa shape index (κ3) is 1.15. The summed E-state index contributed by atoms with van der Waals surface area (Å²) in [7, 11) is 0. The van der Waals surface area contributed by atoms with Crippen molar-refractivity contribution in [2.75, 3.05) is 6.61 Å². The molecule has 4 nitrogen and oxygen atoms in total. The molecule has 0 bridgehead atoms. The van der Waals surface area contributed by atoms with E-state index < -0.39 is 18.3 Å². The highest BCUT2D eigenvalue weighted by molar-refractivity contribution is 4.87. The molecular formula is C6H12O4. The predicted octanol–water partition coefficient (Wildman–Crippen LogP) is -1.51. The number of aliphatic hydroxyl groups excluding tert-OH is 3. The van der Waals surface area contributed by atoms with Gasteiger partial charge in [0.2, 0.25) is 0 Å². The van der Waals surface area contributed by atoms with Gasteiger partial charge in [0, 0.05) is 0 Å². The van der Waals surface area contributed by atoms with Crippen LogP contribution in [0.3, 0.4) is 0 Å². The minimum atomic E-state index is -0.944. The molecule has 4 heteroatoms. The van der Waals surface area contributed by atoms with E-state index in [0.717, 1.165) is 0 Å². The summed E-state index contributed by atoms with van der Waals surface area (Å²) in [6.45, 7) is 1.41. The third-order valence-corrected chi connectivity index (χ3v) is 1.78. The highest BCUT2D eigenvalue weighted by Gasteiger charge is 2.39. The van der Waals surface area contributed by atoms with Gasteiger partial charge < -0.3 is 20.1 Å². The maximum absolute atomic E-state index is 9.09. The smallest absolute Gasteiger partial charge is 0.111 e. The van der Waals surface area contributed by atoms with Crippen molar-refractivity contribution in [1.82, 2.24) is 0 Å². The molecule has 0 saturated carbocycles. The van der Waals surface area contributed by atoms with Gasteiger partial charge in [0.25, 0.3) is 0 Å². The zero-order chi connectivity index (χ0) is 7.72. The van der Waals surface area contributed by atoms with E-state index in [0.29, 0.717) is 0 Å². The number of ether oxygens (including phenoxy) is 1. The molecule has 1 rings (SSSR count). The summed E-state index contributed by atoms with van der Waals surface area (Å²) in [5.74, 6) is 0. The fraction of sp³-hybridized carbons (Fsp3) is 1.00. The van der Waals surface area contributed by atoms with Crippen LogP contribution in [0.25, 0.3) is 0 Å². The van der Waals surface area contributed by atoms with Gasteiger partial charge in [-0.3, -0.25) is 0 Å². The number of aliphatic hydroxyl groups is 3. The highest BCUT2D eigenvalue weighted by Crippen LogP contribution is 2.19. The van der Waals surface area contributed by atoms with E-state index in [1.165, 1.54) is 0 Å². The molecule has 4 atom stereocenters. The van der Waals surface area contributed by atoms with Gasteiger partial charge in [0.15, 0.2) is 0 Å². The van der Waals surface area contributed by atoms with E-state index in [2.05, 4.69) is 0 Å². The van der Waals surface area contributed by atoms with Crippen molar-refractivity contribution in [3.8, 4) is 0 Å². The maximum atomic E-state index is 9.09. The Morgan fingerprint density at radius 1 is 1.30 bits per heavy atom. The van der Waals surface area contributed by atoms with E-state index in [9.17, 15) is 0 Å². The van der Waals surface area contributed by atoms with Crippen LogP contribution in [-0.2, 0) is 4.74 Å².